The molecule has 0 aromatic rings. The molecule has 1 heterocycles. The molecule has 1 saturated heterocycles. The Morgan fingerprint density at radius 3 is 3.00 bits per heavy atom. The fraction of sp³-hybridized carbons (Fsp3) is 0.778. The van der Waals surface area contributed by atoms with Gasteiger partial charge in [0, 0.05) is 0 Å². The summed E-state index contributed by atoms with van der Waals surface area (Å²) >= 11 is 0. The fourth-order valence-corrected chi connectivity index (χ4v) is 1.16. The molecule has 62 valence electrons. The highest BCUT2D eigenvalue weighted by Gasteiger charge is 2.18. The maximum absolute atomic E-state index is 5.39. The number of terminal acetylenes is 1. The van der Waals surface area contributed by atoms with Crippen molar-refractivity contribution in [2.24, 2.45) is 0 Å². The Morgan fingerprint density at radius 1 is 1.64 bits per heavy atom. The molecule has 2 nitrogen and oxygen atoms in total. The molecule has 0 unspecified atom stereocenters. The Bertz CT molecular complexity index is 140. The Morgan fingerprint density at radius 2 is 2.45 bits per heavy atom. The molecule has 0 N–H and O–H groups in total. The van der Waals surface area contributed by atoms with Crippen molar-refractivity contribution in [3.05, 3.63) is 0 Å². The number of ether oxygens (including phenoxy) is 2. The van der Waals surface area contributed by atoms with Crippen LogP contribution in [0.1, 0.15) is 19.8 Å². The highest BCUT2D eigenvalue weighted by atomic mass is 16.5. The summed E-state index contributed by atoms with van der Waals surface area (Å²) in [6, 6.07) is 0. The Kier molecular flexibility index (Phi) is 3.41. The molecule has 1 aliphatic rings. The first-order valence-electron chi connectivity index (χ1n) is 3.99. The lowest BCUT2D eigenvalue weighted by atomic mass is 10.1. The molecule has 0 bridgehead atoms. The minimum atomic E-state index is 0.224. The van der Waals surface area contributed by atoms with E-state index in [2.05, 4.69) is 12.8 Å². The van der Waals surface area contributed by atoms with Crippen LogP contribution in [0, 0.1) is 12.3 Å². The van der Waals surface area contributed by atoms with Crippen LogP contribution in [-0.4, -0.2) is 25.4 Å². The predicted molar refractivity (Wildman–Crippen MR) is 43.2 cm³/mol. The minimum absolute atomic E-state index is 0.224. The summed E-state index contributed by atoms with van der Waals surface area (Å²) in [6.45, 7) is 3.18. The highest BCUT2D eigenvalue weighted by molar-refractivity contribution is 4.84. The van der Waals surface area contributed by atoms with Crippen LogP contribution in [0.25, 0.3) is 0 Å². The van der Waals surface area contributed by atoms with E-state index in [1.54, 1.807) is 0 Å². The van der Waals surface area contributed by atoms with Crippen molar-refractivity contribution in [2.45, 2.75) is 32.0 Å². The average Bonchev–Trinajstić information content (AvgIpc) is 2.04. The molecule has 1 fully saturated rings. The van der Waals surface area contributed by atoms with Gasteiger partial charge in [0.2, 0.25) is 0 Å². The standard InChI is InChI=1S/C9H14O2/c1-3-6-10-9-5-4-8(2)11-7-9/h1,8-9H,4-7H2,2H3/t8-,9+/m0/s1. The monoisotopic (exact) mass is 154 g/mol. The zero-order chi connectivity index (χ0) is 8.10. The first-order valence-corrected chi connectivity index (χ1v) is 3.99. The Hall–Kier alpha value is -0.520. The van der Waals surface area contributed by atoms with E-state index in [-0.39, 0.29) is 6.10 Å². The molecule has 1 rings (SSSR count). The molecule has 0 radical (unpaired) electrons. The molecule has 2 heteroatoms. The van der Waals surface area contributed by atoms with Crippen molar-refractivity contribution < 1.29 is 9.47 Å². The third-order valence-corrected chi connectivity index (χ3v) is 1.86. The van der Waals surface area contributed by atoms with Gasteiger partial charge >= 0.3 is 0 Å². The smallest absolute Gasteiger partial charge is 0.107 e. The van der Waals surface area contributed by atoms with E-state index in [9.17, 15) is 0 Å². The van der Waals surface area contributed by atoms with E-state index in [1.807, 2.05) is 0 Å². The zero-order valence-corrected chi connectivity index (χ0v) is 6.88. The molecule has 11 heavy (non-hydrogen) atoms. The van der Waals surface area contributed by atoms with Crippen LogP contribution in [0.3, 0.4) is 0 Å². The van der Waals surface area contributed by atoms with Gasteiger partial charge in [-0.3, -0.25) is 0 Å². The SMILES string of the molecule is C#CCO[C@@H]1CC[C@H](C)OC1. The van der Waals surface area contributed by atoms with E-state index < -0.39 is 0 Å². The van der Waals surface area contributed by atoms with Gasteiger partial charge in [-0.25, -0.2) is 0 Å². The maximum Gasteiger partial charge on any atom is 0.107 e. The van der Waals surface area contributed by atoms with E-state index in [1.165, 1.54) is 0 Å². The lowest BCUT2D eigenvalue weighted by Gasteiger charge is -2.26. The molecule has 0 aromatic carbocycles. The van der Waals surface area contributed by atoms with Gasteiger partial charge in [0.15, 0.2) is 0 Å². The highest BCUT2D eigenvalue weighted by Crippen LogP contribution is 2.14. The lowest BCUT2D eigenvalue weighted by molar-refractivity contribution is -0.0717. The molecular formula is C9H14O2. The predicted octanol–water partition coefficient (Wildman–Crippen LogP) is 1.20. The molecule has 0 amide bonds. The molecule has 0 saturated carbocycles. The van der Waals surface area contributed by atoms with Crippen LogP contribution in [0.5, 0.6) is 0 Å². The van der Waals surface area contributed by atoms with E-state index in [0.717, 1.165) is 12.8 Å². The van der Waals surface area contributed by atoms with Crippen LogP contribution in [0.15, 0.2) is 0 Å². The summed E-state index contributed by atoms with van der Waals surface area (Å²) in [4.78, 5) is 0. The van der Waals surface area contributed by atoms with Crippen LogP contribution < -0.4 is 0 Å². The van der Waals surface area contributed by atoms with Crippen molar-refractivity contribution >= 4 is 0 Å². The average molecular weight is 154 g/mol. The summed E-state index contributed by atoms with van der Waals surface area (Å²) in [5.41, 5.74) is 0. The summed E-state index contributed by atoms with van der Waals surface area (Å²) < 4.78 is 10.7. The topological polar surface area (TPSA) is 18.5 Å². The Balaban J connectivity index is 2.13. The van der Waals surface area contributed by atoms with Crippen LogP contribution in [0.4, 0.5) is 0 Å². The fourth-order valence-electron chi connectivity index (χ4n) is 1.16. The van der Waals surface area contributed by atoms with Crippen molar-refractivity contribution in [2.75, 3.05) is 13.2 Å². The molecular weight excluding hydrogens is 140 g/mol. The molecule has 0 aliphatic carbocycles. The van der Waals surface area contributed by atoms with Gasteiger partial charge in [0.25, 0.3) is 0 Å². The van der Waals surface area contributed by atoms with E-state index in [4.69, 9.17) is 15.9 Å². The Labute approximate surface area is 67.9 Å². The van der Waals surface area contributed by atoms with Crippen molar-refractivity contribution in [3.8, 4) is 12.3 Å². The van der Waals surface area contributed by atoms with Crippen LogP contribution >= 0.6 is 0 Å². The summed E-state index contributed by atoms with van der Waals surface area (Å²) in [6.07, 6.45) is 7.82. The maximum atomic E-state index is 5.39. The summed E-state index contributed by atoms with van der Waals surface area (Å²) in [5.74, 6) is 2.45. The van der Waals surface area contributed by atoms with Crippen molar-refractivity contribution in [1.82, 2.24) is 0 Å². The third kappa shape index (κ3) is 2.92. The van der Waals surface area contributed by atoms with E-state index in [0.29, 0.717) is 19.3 Å². The molecule has 0 spiro atoms. The summed E-state index contributed by atoms with van der Waals surface area (Å²) in [7, 11) is 0. The second kappa shape index (κ2) is 4.38. The van der Waals surface area contributed by atoms with Gasteiger partial charge < -0.3 is 9.47 Å². The molecule has 2 atom stereocenters. The third-order valence-electron chi connectivity index (χ3n) is 1.86. The number of rotatable bonds is 2. The summed E-state index contributed by atoms with van der Waals surface area (Å²) in [5, 5.41) is 0. The largest absolute Gasteiger partial charge is 0.376 e. The molecule has 0 aromatic heterocycles. The van der Waals surface area contributed by atoms with Gasteiger partial charge in [-0.2, -0.15) is 0 Å². The number of hydrogen-bond donors (Lipinski definition) is 0. The first-order chi connectivity index (χ1) is 5.33. The van der Waals surface area contributed by atoms with Gasteiger partial charge in [-0.05, 0) is 19.8 Å². The second-order valence-corrected chi connectivity index (χ2v) is 2.86. The first kappa shape index (κ1) is 8.58. The van der Waals surface area contributed by atoms with Crippen molar-refractivity contribution in [1.29, 1.82) is 0 Å². The lowest BCUT2D eigenvalue weighted by Crippen LogP contribution is -2.29. The molecule has 1 aliphatic heterocycles. The normalized spacial score (nSPS) is 31.3. The number of hydrogen-bond acceptors (Lipinski definition) is 2. The van der Waals surface area contributed by atoms with Crippen LogP contribution in [-0.2, 0) is 9.47 Å². The van der Waals surface area contributed by atoms with Gasteiger partial charge in [-0.15, -0.1) is 6.42 Å². The minimum Gasteiger partial charge on any atom is -0.376 e. The van der Waals surface area contributed by atoms with E-state index >= 15 is 0 Å². The van der Waals surface area contributed by atoms with Gasteiger partial charge in [0.05, 0.1) is 18.8 Å². The van der Waals surface area contributed by atoms with Crippen molar-refractivity contribution in [3.63, 3.8) is 0 Å². The van der Waals surface area contributed by atoms with Gasteiger partial charge in [0.1, 0.15) is 6.61 Å². The van der Waals surface area contributed by atoms with Gasteiger partial charge in [-0.1, -0.05) is 5.92 Å². The van der Waals surface area contributed by atoms with Crippen LogP contribution in [0.2, 0.25) is 0 Å². The quantitative estimate of drug-likeness (QED) is 0.556. The second-order valence-electron chi connectivity index (χ2n) is 2.86. The zero-order valence-electron chi connectivity index (χ0n) is 6.88.